The molecule has 0 bridgehead atoms. The van der Waals surface area contributed by atoms with Crippen LogP contribution in [0.4, 0.5) is 10.9 Å². The summed E-state index contributed by atoms with van der Waals surface area (Å²) < 4.78 is 0.774. The number of aromatic nitrogens is 2. The van der Waals surface area contributed by atoms with E-state index in [-0.39, 0.29) is 5.91 Å². The number of carbonyl (C=O) groups excluding carboxylic acids is 1. The molecule has 7 heteroatoms. The quantitative estimate of drug-likeness (QED) is 0.869. The van der Waals surface area contributed by atoms with Crippen molar-refractivity contribution < 1.29 is 4.79 Å². The molecule has 0 radical (unpaired) electrons. The molecule has 0 unspecified atom stereocenters. The Morgan fingerprint density at radius 2 is 2.33 bits per heavy atom. The van der Waals surface area contributed by atoms with Gasteiger partial charge < -0.3 is 5.32 Å². The maximum absolute atomic E-state index is 12.4. The highest BCUT2D eigenvalue weighted by molar-refractivity contribution is 9.10. The number of pyridine rings is 1. The summed E-state index contributed by atoms with van der Waals surface area (Å²) in [7, 11) is 0. The van der Waals surface area contributed by atoms with Gasteiger partial charge in [-0.25, -0.2) is 9.97 Å². The minimum Gasteiger partial charge on any atom is -0.370 e. The van der Waals surface area contributed by atoms with Crippen molar-refractivity contribution in [3.63, 3.8) is 0 Å². The number of carbonyl (C=O) groups is 1. The molecule has 0 atom stereocenters. The molecule has 2 aromatic heterocycles. The van der Waals surface area contributed by atoms with Crippen LogP contribution in [0.3, 0.4) is 0 Å². The maximum atomic E-state index is 12.4. The average molecular weight is 367 g/mol. The van der Waals surface area contributed by atoms with Gasteiger partial charge in [0.05, 0.1) is 11.3 Å². The first kappa shape index (κ1) is 14.5. The molecule has 0 aliphatic heterocycles. The zero-order valence-electron chi connectivity index (χ0n) is 11.6. The lowest BCUT2D eigenvalue weighted by molar-refractivity contribution is 0.102. The Balaban J connectivity index is 1.82. The fraction of sp³-hybridized carbons (Fsp3) is 0.357. The molecule has 0 saturated carbocycles. The van der Waals surface area contributed by atoms with Gasteiger partial charge in [0.2, 0.25) is 0 Å². The fourth-order valence-corrected chi connectivity index (χ4v) is 3.71. The highest BCUT2D eigenvalue weighted by Gasteiger charge is 2.19. The molecule has 1 amide bonds. The number of hydrogen-bond donors (Lipinski definition) is 2. The molecule has 1 aliphatic rings. The second-order valence-electron chi connectivity index (χ2n) is 4.78. The minimum absolute atomic E-state index is 0.188. The summed E-state index contributed by atoms with van der Waals surface area (Å²) in [6.45, 7) is 2.68. The van der Waals surface area contributed by atoms with E-state index in [2.05, 4.69) is 36.5 Å². The lowest BCUT2D eigenvalue weighted by atomic mass is 10.2. The van der Waals surface area contributed by atoms with Gasteiger partial charge in [0.25, 0.3) is 5.91 Å². The van der Waals surface area contributed by atoms with Crippen LogP contribution < -0.4 is 10.6 Å². The molecule has 110 valence electrons. The van der Waals surface area contributed by atoms with E-state index < -0.39 is 0 Å². The van der Waals surface area contributed by atoms with Gasteiger partial charge in [-0.2, -0.15) is 0 Å². The number of rotatable bonds is 4. The van der Waals surface area contributed by atoms with Gasteiger partial charge >= 0.3 is 0 Å². The van der Waals surface area contributed by atoms with E-state index >= 15 is 0 Å². The van der Waals surface area contributed by atoms with Crippen LogP contribution in [0.25, 0.3) is 0 Å². The number of thiazole rings is 1. The Bertz CT molecular complexity index is 664. The third-order valence-corrected chi connectivity index (χ3v) is 4.77. The lowest BCUT2D eigenvalue weighted by Gasteiger charge is -2.09. The Morgan fingerprint density at radius 3 is 3.10 bits per heavy atom. The molecule has 0 aromatic carbocycles. The molecule has 1 aliphatic carbocycles. The number of amides is 1. The summed E-state index contributed by atoms with van der Waals surface area (Å²) in [6.07, 6.45) is 4.93. The molecule has 0 saturated heterocycles. The van der Waals surface area contributed by atoms with E-state index in [4.69, 9.17) is 0 Å². The van der Waals surface area contributed by atoms with Gasteiger partial charge in [-0.05, 0) is 48.2 Å². The first-order chi connectivity index (χ1) is 10.2. The van der Waals surface area contributed by atoms with Crippen molar-refractivity contribution in [3.8, 4) is 0 Å². The Kier molecular flexibility index (Phi) is 4.21. The molecule has 2 heterocycles. The number of anilines is 2. The smallest absolute Gasteiger partial charge is 0.261 e. The number of hydrogen-bond acceptors (Lipinski definition) is 5. The van der Waals surface area contributed by atoms with E-state index in [0.29, 0.717) is 23.1 Å². The predicted molar refractivity (Wildman–Crippen MR) is 88.2 cm³/mol. The third-order valence-electron chi connectivity index (χ3n) is 3.26. The maximum Gasteiger partial charge on any atom is 0.261 e. The van der Waals surface area contributed by atoms with E-state index in [1.165, 1.54) is 11.3 Å². The van der Waals surface area contributed by atoms with Crippen molar-refractivity contribution in [1.29, 1.82) is 0 Å². The molecule has 0 spiro atoms. The number of nitrogens with zero attached hydrogens (tertiary/aromatic N) is 2. The van der Waals surface area contributed by atoms with Crippen LogP contribution >= 0.6 is 27.3 Å². The van der Waals surface area contributed by atoms with E-state index in [0.717, 1.165) is 23.0 Å². The summed E-state index contributed by atoms with van der Waals surface area (Å²) in [5.41, 5.74) is 1.65. The summed E-state index contributed by atoms with van der Waals surface area (Å²) in [4.78, 5) is 22.5. The summed E-state index contributed by atoms with van der Waals surface area (Å²) >= 11 is 4.93. The second-order valence-corrected chi connectivity index (χ2v) is 6.78. The molecule has 3 rings (SSSR count). The Morgan fingerprint density at radius 1 is 1.48 bits per heavy atom. The van der Waals surface area contributed by atoms with Gasteiger partial charge in [-0.3, -0.25) is 10.1 Å². The van der Waals surface area contributed by atoms with Gasteiger partial charge in [0.15, 0.2) is 5.13 Å². The monoisotopic (exact) mass is 366 g/mol. The van der Waals surface area contributed by atoms with Crippen LogP contribution in [0.1, 0.15) is 34.3 Å². The van der Waals surface area contributed by atoms with Gasteiger partial charge in [0, 0.05) is 22.1 Å². The first-order valence-electron chi connectivity index (χ1n) is 6.86. The molecular formula is C14H15BrN4OS. The SMILES string of the molecule is CCNc1ncc(Br)cc1C(=O)Nc1nc2c(s1)CCC2. The summed E-state index contributed by atoms with van der Waals surface area (Å²) in [6, 6.07) is 1.77. The van der Waals surface area contributed by atoms with Crippen molar-refractivity contribution in [1.82, 2.24) is 9.97 Å². The van der Waals surface area contributed by atoms with Gasteiger partial charge in [0.1, 0.15) is 5.82 Å². The second kappa shape index (κ2) is 6.11. The standard InChI is InChI=1S/C14H15BrN4OS/c1-2-16-12-9(6-8(15)7-17-12)13(20)19-14-18-10-4-3-5-11(10)21-14/h6-7H,2-5H2,1H3,(H,16,17)(H,18,19,20). The summed E-state index contributed by atoms with van der Waals surface area (Å²) in [5.74, 6) is 0.398. The lowest BCUT2D eigenvalue weighted by Crippen LogP contribution is -2.15. The summed E-state index contributed by atoms with van der Waals surface area (Å²) in [5, 5.41) is 6.65. The molecule has 5 nitrogen and oxygen atoms in total. The van der Waals surface area contributed by atoms with E-state index in [9.17, 15) is 4.79 Å². The Hall–Kier alpha value is -1.47. The minimum atomic E-state index is -0.188. The van der Waals surface area contributed by atoms with Crippen molar-refractivity contribution >= 4 is 44.1 Å². The number of aryl methyl sites for hydroxylation is 2. The number of fused-ring (bicyclic) bond motifs is 1. The zero-order valence-corrected chi connectivity index (χ0v) is 14.0. The van der Waals surface area contributed by atoms with Crippen LogP contribution in [0.15, 0.2) is 16.7 Å². The van der Waals surface area contributed by atoms with Crippen LogP contribution in [0.5, 0.6) is 0 Å². The number of nitrogens with one attached hydrogen (secondary N) is 2. The fourth-order valence-electron chi connectivity index (χ4n) is 2.33. The predicted octanol–water partition coefficient (Wildman–Crippen LogP) is 3.47. The Labute approximate surface area is 135 Å². The zero-order chi connectivity index (χ0) is 14.8. The first-order valence-corrected chi connectivity index (χ1v) is 8.47. The highest BCUT2D eigenvalue weighted by Crippen LogP contribution is 2.31. The molecule has 2 aromatic rings. The van der Waals surface area contributed by atoms with Gasteiger partial charge in [-0.15, -0.1) is 11.3 Å². The van der Waals surface area contributed by atoms with Gasteiger partial charge in [-0.1, -0.05) is 0 Å². The van der Waals surface area contributed by atoms with Crippen LogP contribution in [-0.2, 0) is 12.8 Å². The normalized spacial score (nSPS) is 13.0. The third kappa shape index (κ3) is 3.08. The number of halogens is 1. The molecular weight excluding hydrogens is 352 g/mol. The van der Waals surface area contributed by atoms with Crippen molar-refractivity contribution in [3.05, 3.63) is 32.9 Å². The highest BCUT2D eigenvalue weighted by atomic mass is 79.9. The van der Waals surface area contributed by atoms with Crippen LogP contribution in [-0.4, -0.2) is 22.4 Å². The van der Waals surface area contributed by atoms with Crippen molar-refractivity contribution in [2.45, 2.75) is 26.2 Å². The molecule has 2 N–H and O–H groups in total. The van der Waals surface area contributed by atoms with Crippen LogP contribution in [0, 0.1) is 0 Å². The average Bonchev–Trinajstić information content (AvgIpc) is 3.02. The van der Waals surface area contributed by atoms with Crippen LogP contribution in [0.2, 0.25) is 0 Å². The van der Waals surface area contributed by atoms with Crippen molar-refractivity contribution in [2.24, 2.45) is 0 Å². The molecule has 21 heavy (non-hydrogen) atoms. The van der Waals surface area contributed by atoms with E-state index in [1.807, 2.05) is 6.92 Å². The largest absolute Gasteiger partial charge is 0.370 e. The topological polar surface area (TPSA) is 66.9 Å². The van der Waals surface area contributed by atoms with Crippen molar-refractivity contribution in [2.75, 3.05) is 17.2 Å². The van der Waals surface area contributed by atoms with E-state index in [1.54, 1.807) is 23.6 Å². The molecule has 0 fully saturated rings.